The lowest BCUT2D eigenvalue weighted by Crippen LogP contribution is -2.33. The van der Waals surface area contributed by atoms with Crippen molar-refractivity contribution in [2.45, 2.75) is 39.5 Å². The molecule has 5 nitrogen and oxygen atoms in total. The predicted molar refractivity (Wildman–Crippen MR) is 92.9 cm³/mol. The molecule has 0 aliphatic heterocycles. The van der Waals surface area contributed by atoms with E-state index in [9.17, 15) is 4.79 Å². The van der Waals surface area contributed by atoms with Crippen molar-refractivity contribution in [1.29, 1.82) is 0 Å². The SMILES string of the molecule is CCCCCCN=C(NC(=O)c1cccc(C)c1)OCCOC. The second kappa shape index (κ2) is 11.7. The molecule has 128 valence electrons. The standard InChI is InChI=1S/C18H28N2O3/c1-4-5-6-7-11-19-18(23-13-12-22-3)20-17(21)16-10-8-9-15(2)14-16/h8-10,14H,4-7,11-13H2,1-3H3,(H,19,20,21). The van der Waals surface area contributed by atoms with Crippen LogP contribution in [0.1, 0.15) is 48.5 Å². The van der Waals surface area contributed by atoms with E-state index < -0.39 is 0 Å². The number of nitrogens with one attached hydrogen (secondary N) is 1. The molecule has 0 radical (unpaired) electrons. The molecule has 0 heterocycles. The van der Waals surface area contributed by atoms with Crippen molar-refractivity contribution in [3.63, 3.8) is 0 Å². The van der Waals surface area contributed by atoms with Crippen LogP contribution in [0, 0.1) is 6.92 Å². The van der Waals surface area contributed by atoms with Gasteiger partial charge < -0.3 is 9.47 Å². The Balaban J connectivity index is 2.59. The second-order valence-electron chi connectivity index (χ2n) is 5.41. The number of ether oxygens (including phenoxy) is 2. The normalized spacial score (nSPS) is 11.3. The van der Waals surface area contributed by atoms with Gasteiger partial charge in [0.25, 0.3) is 11.9 Å². The van der Waals surface area contributed by atoms with Crippen LogP contribution in [-0.4, -0.2) is 38.8 Å². The summed E-state index contributed by atoms with van der Waals surface area (Å²) < 4.78 is 10.5. The number of amides is 1. The van der Waals surface area contributed by atoms with Crippen LogP contribution < -0.4 is 5.32 Å². The van der Waals surface area contributed by atoms with Crippen molar-refractivity contribution in [2.75, 3.05) is 26.9 Å². The van der Waals surface area contributed by atoms with Crippen LogP contribution in [0.5, 0.6) is 0 Å². The molecule has 0 spiro atoms. The first-order valence-electron chi connectivity index (χ1n) is 8.21. The lowest BCUT2D eigenvalue weighted by atomic mass is 10.1. The first kappa shape index (κ1) is 19.2. The van der Waals surface area contributed by atoms with Crippen molar-refractivity contribution < 1.29 is 14.3 Å². The van der Waals surface area contributed by atoms with Crippen molar-refractivity contribution in [1.82, 2.24) is 5.32 Å². The van der Waals surface area contributed by atoms with E-state index in [1.165, 1.54) is 12.8 Å². The van der Waals surface area contributed by atoms with Crippen LogP contribution in [0.25, 0.3) is 0 Å². The van der Waals surface area contributed by atoms with E-state index in [1.807, 2.05) is 25.1 Å². The smallest absolute Gasteiger partial charge is 0.291 e. The van der Waals surface area contributed by atoms with Crippen molar-refractivity contribution in [3.05, 3.63) is 35.4 Å². The highest BCUT2D eigenvalue weighted by atomic mass is 16.5. The van der Waals surface area contributed by atoms with Gasteiger partial charge in [-0.15, -0.1) is 0 Å². The van der Waals surface area contributed by atoms with Gasteiger partial charge in [0.1, 0.15) is 6.61 Å². The van der Waals surface area contributed by atoms with E-state index in [4.69, 9.17) is 9.47 Å². The zero-order valence-corrected chi connectivity index (χ0v) is 14.4. The Morgan fingerprint density at radius 1 is 1.22 bits per heavy atom. The molecule has 1 aromatic rings. The number of hydrogen-bond acceptors (Lipinski definition) is 4. The largest absolute Gasteiger partial charge is 0.463 e. The van der Waals surface area contributed by atoms with Crippen LogP contribution in [-0.2, 0) is 9.47 Å². The summed E-state index contributed by atoms with van der Waals surface area (Å²) in [5.41, 5.74) is 1.63. The molecule has 0 fully saturated rings. The first-order valence-corrected chi connectivity index (χ1v) is 8.21. The van der Waals surface area contributed by atoms with Crippen LogP contribution in [0.15, 0.2) is 29.3 Å². The van der Waals surface area contributed by atoms with Crippen molar-refractivity contribution in [2.24, 2.45) is 4.99 Å². The first-order chi connectivity index (χ1) is 11.2. The van der Waals surface area contributed by atoms with Gasteiger partial charge >= 0.3 is 0 Å². The average Bonchev–Trinajstić information content (AvgIpc) is 2.54. The van der Waals surface area contributed by atoms with E-state index in [-0.39, 0.29) is 11.9 Å². The van der Waals surface area contributed by atoms with Gasteiger partial charge in [-0.25, -0.2) is 4.99 Å². The molecule has 0 aromatic heterocycles. The van der Waals surface area contributed by atoms with E-state index in [2.05, 4.69) is 17.2 Å². The average molecular weight is 320 g/mol. The van der Waals surface area contributed by atoms with Gasteiger partial charge in [-0.1, -0.05) is 43.9 Å². The molecule has 0 aliphatic carbocycles. The quantitative estimate of drug-likeness (QED) is 0.431. The van der Waals surface area contributed by atoms with Crippen LogP contribution >= 0.6 is 0 Å². The molecule has 0 aliphatic rings. The summed E-state index contributed by atoms with van der Waals surface area (Å²) in [5, 5.41) is 2.74. The minimum atomic E-state index is -0.210. The summed E-state index contributed by atoms with van der Waals surface area (Å²) in [5.74, 6) is -0.210. The van der Waals surface area contributed by atoms with Crippen molar-refractivity contribution >= 4 is 11.9 Å². The number of rotatable bonds is 9. The lowest BCUT2D eigenvalue weighted by Gasteiger charge is -2.11. The summed E-state index contributed by atoms with van der Waals surface area (Å²) >= 11 is 0. The molecular formula is C18H28N2O3. The Kier molecular flexibility index (Phi) is 9.71. The minimum Gasteiger partial charge on any atom is -0.463 e. The van der Waals surface area contributed by atoms with Crippen LogP contribution in [0.3, 0.4) is 0 Å². The molecule has 1 aromatic carbocycles. The fraction of sp³-hybridized carbons (Fsp3) is 0.556. The molecule has 1 rings (SSSR count). The highest BCUT2D eigenvalue weighted by Gasteiger charge is 2.10. The predicted octanol–water partition coefficient (Wildman–Crippen LogP) is 3.32. The van der Waals surface area contributed by atoms with Gasteiger partial charge in [-0.05, 0) is 25.5 Å². The number of carbonyl (C=O) groups excluding carboxylic acids is 1. The van der Waals surface area contributed by atoms with Crippen molar-refractivity contribution in [3.8, 4) is 0 Å². The van der Waals surface area contributed by atoms with Gasteiger partial charge in [-0.3, -0.25) is 10.1 Å². The third kappa shape index (κ3) is 8.35. The van der Waals surface area contributed by atoms with Gasteiger partial charge in [0.15, 0.2) is 0 Å². The summed E-state index contributed by atoms with van der Waals surface area (Å²) in [6, 6.07) is 7.69. The highest BCUT2D eigenvalue weighted by molar-refractivity contribution is 6.04. The number of unbranched alkanes of at least 4 members (excludes halogenated alkanes) is 3. The Labute approximate surface area is 139 Å². The maximum atomic E-state index is 12.3. The second-order valence-corrected chi connectivity index (χ2v) is 5.41. The zero-order valence-electron chi connectivity index (χ0n) is 14.4. The highest BCUT2D eigenvalue weighted by Crippen LogP contribution is 2.04. The molecule has 1 N–H and O–H groups in total. The van der Waals surface area contributed by atoms with E-state index in [0.29, 0.717) is 25.3 Å². The number of aliphatic imine (C=N–C) groups is 1. The number of methoxy groups -OCH3 is 1. The third-order valence-electron chi connectivity index (χ3n) is 3.29. The van der Waals surface area contributed by atoms with Crippen LogP contribution in [0.2, 0.25) is 0 Å². The lowest BCUT2D eigenvalue weighted by molar-refractivity contribution is 0.0954. The summed E-state index contributed by atoms with van der Waals surface area (Å²) in [4.78, 5) is 16.6. The number of amidine groups is 1. The minimum absolute atomic E-state index is 0.210. The molecule has 5 heteroatoms. The molecule has 0 bridgehead atoms. The maximum Gasteiger partial charge on any atom is 0.291 e. The third-order valence-corrected chi connectivity index (χ3v) is 3.29. The number of hydrogen-bond donors (Lipinski definition) is 1. The topological polar surface area (TPSA) is 59.9 Å². The van der Waals surface area contributed by atoms with E-state index >= 15 is 0 Å². The number of aryl methyl sites for hydroxylation is 1. The number of benzene rings is 1. The summed E-state index contributed by atoms with van der Waals surface area (Å²) in [6.07, 6.45) is 4.51. The van der Waals surface area contributed by atoms with Gasteiger partial charge in [0, 0.05) is 19.2 Å². The van der Waals surface area contributed by atoms with Gasteiger partial charge in [0.05, 0.1) is 6.61 Å². The zero-order chi connectivity index (χ0) is 16.9. The van der Waals surface area contributed by atoms with E-state index in [0.717, 1.165) is 18.4 Å². The van der Waals surface area contributed by atoms with Gasteiger partial charge in [-0.2, -0.15) is 0 Å². The summed E-state index contributed by atoms with van der Waals surface area (Å²) in [7, 11) is 1.61. The Morgan fingerprint density at radius 3 is 2.74 bits per heavy atom. The van der Waals surface area contributed by atoms with Crippen LogP contribution in [0.4, 0.5) is 0 Å². The molecular weight excluding hydrogens is 292 g/mol. The summed E-state index contributed by atoms with van der Waals surface area (Å²) in [6.45, 7) is 5.59. The number of carbonyl (C=O) groups is 1. The fourth-order valence-corrected chi connectivity index (χ4v) is 2.02. The molecule has 0 atom stereocenters. The van der Waals surface area contributed by atoms with Gasteiger partial charge in [0.2, 0.25) is 0 Å². The monoisotopic (exact) mass is 320 g/mol. The molecule has 0 unspecified atom stereocenters. The molecule has 23 heavy (non-hydrogen) atoms. The molecule has 0 saturated carbocycles. The fourth-order valence-electron chi connectivity index (χ4n) is 2.02. The Morgan fingerprint density at radius 2 is 2.04 bits per heavy atom. The molecule has 0 saturated heterocycles. The van der Waals surface area contributed by atoms with E-state index in [1.54, 1.807) is 13.2 Å². The molecule has 1 amide bonds. The Hall–Kier alpha value is -1.88. The maximum absolute atomic E-state index is 12.3. The number of nitrogens with zero attached hydrogens (tertiary/aromatic N) is 1. The Bertz CT molecular complexity index is 501.